The molecule has 0 aromatic carbocycles. The van der Waals surface area contributed by atoms with E-state index in [4.69, 9.17) is 0 Å². The molecule has 0 aliphatic carbocycles. The molecule has 0 saturated carbocycles. The summed E-state index contributed by atoms with van der Waals surface area (Å²) in [6, 6.07) is 0.160. The SMILES string of the molecule is CCN(CC)CC(C)Nc1c(C(=O)O)c(C)nn1C. The van der Waals surface area contributed by atoms with Crippen LogP contribution in [-0.2, 0) is 7.05 Å². The summed E-state index contributed by atoms with van der Waals surface area (Å²) in [5.41, 5.74) is 0.793. The third kappa shape index (κ3) is 3.70. The fraction of sp³-hybridized carbons (Fsp3) is 0.692. The molecule has 0 aliphatic rings. The Morgan fingerprint density at radius 3 is 2.53 bits per heavy atom. The molecule has 1 rings (SSSR count). The van der Waals surface area contributed by atoms with Crippen molar-refractivity contribution < 1.29 is 9.90 Å². The van der Waals surface area contributed by atoms with Gasteiger partial charge in [-0.05, 0) is 26.9 Å². The van der Waals surface area contributed by atoms with Crippen LogP contribution in [0.3, 0.4) is 0 Å². The number of likely N-dealkylation sites (N-methyl/N-ethyl adjacent to an activating group) is 1. The number of aryl methyl sites for hydroxylation is 2. The van der Waals surface area contributed by atoms with Crippen LogP contribution in [0.1, 0.15) is 36.8 Å². The van der Waals surface area contributed by atoms with Crippen molar-refractivity contribution in [3.63, 3.8) is 0 Å². The molecule has 19 heavy (non-hydrogen) atoms. The third-order valence-electron chi connectivity index (χ3n) is 3.25. The van der Waals surface area contributed by atoms with E-state index in [2.05, 4.69) is 29.2 Å². The lowest BCUT2D eigenvalue weighted by atomic mass is 10.2. The van der Waals surface area contributed by atoms with E-state index in [0.717, 1.165) is 19.6 Å². The van der Waals surface area contributed by atoms with Crippen molar-refractivity contribution in [3.05, 3.63) is 11.3 Å². The van der Waals surface area contributed by atoms with Gasteiger partial charge in [0.2, 0.25) is 0 Å². The maximum atomic E-state index is 11.3. The molecule has 0 spiro atoms. The van der Waals surface area contributed by atoms with Crippen molar-refractivity contribution in [3.8, 4) is 0 Å². The summed E-state index contributed by atoms with van der Waals surface area (Å²) < 4.78 is 1.59. The lowest BCUT2D eigenvalue weighted by molar-refractivity contribution is 0.0697. The van der Waals surface area contributed by atoms with Gasteiger partial charge < -0.3 is 15.3 Å². The highest BCUT2D eigenvalue weighted by atomic mass is 16.4. The standard InChI is InChI=1S/C13H24N4O2/c1-6-17(7-2)8-9(3)14-12-11(13(18)19)10(4)15-16(12)5/h9,14H,6-8H2,1-5H3,(H,18,19). The summed E-state index contributed by atoms with van der Waals surface area (Å²) >= 11 is 0. The molecule has 0 fully saturated rings. The van der Waals surface area contributed by atoms with Gasteiger partial charge in [-0.25, -0.2) is 4.79 Å². The quantitative estimate of drug-likeness (QED) is 0.785. The van der Waals surface area contributed by atoms with E-state index < -0.39 is 5.97 Å². The molecule has 0 saturated heterocycles. The summed E-state index contributed by atoms with van der Waals surface area (Å²) in [4.78, 5) is 13.6. The van der Waals surface area contributed by atoms with Crippen LogP contribution in [0.4, 0.5) is 5.82 Å². The molecular formula is C13H24N4O2. The van der Waals surface area contributed by atoms with Gasteiger partial charge in [0.1, 0.15) is 11.4 Å². The summed E-state index contributed by atoms with van der Waals surface area (Å²) in [6.45, 7) is 10.8. The van der Waals surface area contributed by atoms with Crippen LogP contribution in [0.5, 0.6) is 0 Å². The normalized spacial score (nSPS) is 12.7. The Balaban J connectivity index is 2.84. The molecule has 1 unspecified atom stereocenters. The largest absolute Gasteiger partial charge is 0.477 e. The van der Waals surface area contributed by atoms with E-state index in [1.807, 2.05) is 6.92 Å². The van der Waals surface area contributed by atoms with Crippen LogP contribution < -0.4 is 5.32 Å². The zero-order valence-electron chi connectivity index (χ0n) is 12.4. The average molecular weight is 268 g/mol. The minimum absolute atomic E-state index is 0.160. The molecule has 6 nitrogen and oxygen atoms in total. The van der Waals surface area contributed by atoms with E-state index in [1.54, 1.807) is 18.7 Å². The Labute approximate surface area is 114 Å². The Morgan fingerprint density at radius 1 is 1.47 bits per heavy atom. The van der Waals surface area contributed by atoms with Crippen LogP contribution in [0.15, 0.2) is 0 Å². The van der Waals surface area contributed by atoms with Crippen LogP contribution in [0.25, 0.3) is 0 Å². The predicted molar refractivity (Wildman–Crippen MR) is 75.8 cm³/mol. The van der Waals surface area contributed by atoms with E-state index in [0.29, 0.717) is 11.5 Å². The number of nitrogens with one attached hydrogen (secondary N) is 1. The first kappa shape index (κ1) is 15.5. The van der Waals surface area contributed by atoms with Gasteiger partial charge in [0.05, 0.1) is 5.69 Å². The molecular weight excluding hydrogens is 244 g/mol. The molecule has 1 aromatic heterocycles. The second-order valence-electron chi connectivity index (χ2n) is 4.77. The van der Waals surface area contributed by atoms with Crippen molar-refractivity contribution in [2.45, 2.75) is 33.7 Å². The van der Waals surface area contributed by atoms with Crippen molar-refractivity contribution in [1.29, 1.82) is 0 Å². The fourth-order valence-corrected chi connectivity index (χ4v) is 2.23. The van der Waals surface area contributed by atoms with Crippen molar-refractivity contribution >= 4 is 11.8 Å². The number of hydrogen-bond donors (Lipinski definition) is 2. The number of hydrogen-bond acceptors (Lipinski definition) is 4. The van der Waals surface area contributed by atoms with E-state index in [1.165, 1.54) is 0 Å². The highest BCUT2D eigenvalue weighted by Gasteiger charge is 2.21. The summed E-state index contributed by atoms with van der Waals surface area (Å²) in [6.07, 6.45) is 0. The average Bonchev–Trinajstić information content (AvgIpc) is 2.61. The maximum absolute atomic E-state index is 11.3. The minimum atomic E-state index is -0.942. The molecule has 1 atom stereocenters. The highest BCUT2D eigenvalue weighted by molar-refractivity contribution is 5.94. The summed E-state index contributed by atoms with van der Waals surface area (Å²) in [5, 5.41) is 16.7. The minimum Gasteiger partial charge on any atom is -0.477 e. The van der Waals surface area contributed by atoms with E-state index in [9.17, 15) is 9.90 Å². The van der Waals surface area contributed by atoms with Gasteiger partial charge in [0.15, 0.2) is 0 Å². The van der Waals surface area contributed by atoms with Crippen molar-refractivity contribution in [2.24, 2.45) is 7.05 Å². The Morgan fingerprint density at radius 2 is 2.05 bits per heavy atom. The van der Waals surface area contributed by atoms with Crippen LogP contribution in [-0.4, -0.2) is 51.4 Å². The van der Waals surface area contributed by atoms with E-state index in [-0.39, 0.29) is 11.6 Å². The van der Waals surface area contributed by atoms with Crippen LogP contribution in [0, 0.1) is 6.92 Å². The molecule has 1 heterocycles. The smallest absolute Gasteiger partial charge is 0.341 e. The van der Waals surface area contributed by atoms with Gasteiger partial charge in [-0.1, -0.05) is 13.8 Å². The predicted octanol–water partition coefficient (Wildman–Crippen LogP) is 1.57. The first-order valence-electron chi connectivity index (χ1n) is 6.66. The fourth-order valence-electron chi connectivity index (χ4n) is 2.23. The van der Waals surface area contributed by atoms with Crippen molar-refractivity contribution in [1.82, 2.24) is 14.7 Å². The third-order valence-corrected chi connectivity index (χ3v) is 3.25. The van der Waals surface area contributed by atoms with Crippen LogP contribution in [0.2, 0.25) is 0 Å². The highest BCUT2D eigenvalue weighted by Crippen LogP contribution is 2.19. The second-order valence-corrected chi connectivity index (χ2v) is 4.77. The van der Waals surface area contributed by atoms with E-state index >= 15 is 0 Å². The van der Waals surface area contributed by atoms with Gasteiger partial charge in [-0.15, -0.1) is 0 Å². The number of carboxylic acids is 1. The first-order chi connectivity index (χ1) is 8.90. The number of aromatic carboxylic acids is 1. The summed E-state index contributed by atoms with van der Waals surface area (Å²) in [5.74, 6) is -0.368. The molecule has 6 heteroatoms. The van der Waals surface area contributed by atoms with Gasteiger partial charge in [-0.3, -0.25) is 4.68 Å². The Hall–Kier alpha value is -1.56. The number of anilines is 1. The molecule has 0 amide bonds. The van der Waals surface area contributed by atoms with Gasteiger partial charge in [0.25, 0.3) is 0 Å². The zero-order chi connectivity index (χ0) is 14.6. The molecule has 0 bridgehead atoms. The molecule has 108 valence electrons. The molecule has 1 aromatic rings. The lowest BCUT2D eigenvalue weighted by Gasteiger charge is -2.24. The number of nitrogens with zero attached hydrogens (tertiary/aromatic N) is 3. The molecule has 0 radical (unpaired) electrons. The van der Waals surface area contributed by atoms with Crippen molar-refractivity contribution in [2.75, 3.05) is 25.0 Å². The maximum Gasteiger partial charge on any atom is 0.341 e. The van der Waals surface area contributed by atoms with Gasteiger partial charge in [-0.2, -0.15) is 5.10 Å². The lowest BCUT2D eigenvalue weighted by Crippen LogP contribution is -2.35. The van der Waals surface area contributed by atoms with Gasteiger partial charge >= 0.3 is 5.97 Å². The Kier molecular flexibility index (Phi) is 5.35. The number of carboxylic acid groups (broad SMARTS) is 1. The first-order valence-corrected chi connectivity index (χ1v) is 6.66. The topological polar surface area (TPSA) is 70.4 Å². The number of carbonyl (C=O) groups is 1. The molecule has 0 aliphatic heterocycles. The zero-order valence-corrected chi connectivity index (χ0v) is 12.4. The second kappa shape index (κ2) is 6.56. The summed E-state index contributed by atoms with van der Waals surface area (Å²) in [7, 11) is 1.76. The monoisotopic (exact) mass is 268 g/mol. The number of rotatable bonds is 7. The number of aromatic nitrogens is 2. The van der Waals surface area contributed by atoms with Gasteiger partial charge in [0, 0.05) is 19.6 Å². The van der Waals surface area contributed by atoms with Crippen LogP contribution >= 0.6 is 0 Å². The Bertz CT molecular complexity index is 438. The molecule has 2 N–H and O–H groups in total.